The van der Waals surface area contributed by atoms with Gasteiger partial charge in [-0.15, -0.1) is 0 Å². The van der Waals surface area contributed by atoms with E-state index < -0.39 is 0 Å². The molecule has 1 N–H and O–H groups in total. The third kappa shape index (κ3) is 3.41. The fourth-order valence-electron chi connectivity index (χ4n) is 3.91. The van der Waals surface area contributed by atoms with E-state index in [0.29, 0.717) is 0 Å². The van der Waals surface area contributed by atoms with E-state index in [2.05, 4.69) is 35.3 Å². The predicted molar refractivity (Wildman–Crippen MR) is 86.5 cm³/mol. The first kappa shape index (κ1) is 14.9. The Labute approximate surface area is 128 Å². The second-order valence-electron chi connectivity index (χ2n) is 6.59. The number of rotatable bonds is 7. The maximum atomic E-state index is 5.57. The van der Waals surface area contributed by atoms with Crippen LogP contribution in [-0.2, 0) is 13.1 Å². The zero-order chi connectivity index (χ0) is 14.7. The zero-order valence-electron chi connectivity index (χ0n) is 13.4. The quantitative estimate of drug-likeness (QED) is 0.780. The van der Waals surface area contributed by atoms with Crippen LogP contribution in [0.15, 0.2) is 18.2 Å². The molecule has 3 rings (SSSR count). The molecule has 3 nitrogen and oxygen atoms in total. The van der Waals surface area contributed by atoms with Gasteiger partial charge in [0.25, 0.3) is 0 Å². The number of hydrogen-bond donors (Lipinski definition) is 1. The van der Waals surface area contributed by atoms with Gasteiger partial charge >= 0.3 is 0 Å². The van der Waals surface area contributed by atoms with Crippen molar-refractivity contribution in [1.29, 1.82) is 0 Å². The van der Waals surface area contributed by atoms with Crippen LogP contribution >= 0.6 is 0 Å². The summed E-state index contributed by atoms with van der Waals surface area (Å²) >= 11 is 0. The number of methoxy groups -OCH3 is 1. The second kappa shape index (κ2) is 6.80. The number of piperidine rings is 1. The first-order valence-corrected chi connectivity index (χ1v) is 8.40. The molecule has 0 radical (unpaired) electrons. The summed E-state index contributed by atoms with van der Waals surface area (Å²) in [4.78, 5) is 2.66. The molecular formula is C18H28N2O. The predicted octanol–water partition coefficient (Wildman–Crippen LogP) is 3.18. The number of fused-ring (bicyclic) bond motifs is 2. The Morgan fingerprint density at radius 1 is 1.33 bits per heavy atom. The number of likely N-dealkylation sites (tertiary alicyclic amines) is 1. The van der Waals surface area contributed by atoms with Crippen molar-refractivity contribution in [1.82, 2.24) is 10.2 Å². The molecule has 1 saturated heterocycles. The molecule has 1 saturated carbocycles. The third-order valence-electron chi connectivity index (χ3n) is 5.00. The average Bonchev–Trinajstić information content (AvgIpc) is 3.10. The summed E-state index contributed by atoms with van der Waals surface area (Å²) in [7, 11) is 1.78. The van der Waals surface area contributed by atoms with E-state index >= 15 is 0 Å². The molecule has 2 atom stereocenters. The van der Waals surface area contributed by atoms with Gasteiger partial charge in [-0.25, -0.2) is 0 Å². The van der Waals surface area contributed by atoms with Gasteiger partial charge in [0.1, 0.15) is 5.75 Å². The van der Waals surface area contributed by atoms with Crippen LogP contribution in [0.4, 0.5) is 0 Å². The van der Waals surface area contributed by atoms with Crippen molar-refractivity contribution < 1.29 is 4.74 Å². The summed E-state index contributed by atoms with van der Waals surface area (Å²) in [6, 6.07) is 7.46. The monoisotopic (exact) mass is 288 g/mol. The smallest absolute Gasteiger partial charge is 0.123 e. The van der Waals surface area contributed by atoms with Crippen molar-refractivity contribution in [2.45, 2.75) is 51.7 Å². The molecule has 1 aliphatic carbocycles. The Kier molecular flexibility index (Phi) is 4.81. The SMILES string of the molecule is CCCNCc1ccc(OC)c(CN2CC3CCC2C3)c1. The van der Waals surface area contributed by atoms with E-state index in [4.69, 9.17) is 4.74 Å². The minimum atomic E-state index is 0.821. The summed E-state index contributed by atoms with van der Waals surface area (Å²) in [5.74, 6) is 1.99. The fourth-order valence-corrected chi connectivity index (χ4v) is 3.91. The molecule has 3 heteroatoms. The molecule has 2 fully saturated rings. The number of hydrogen-bond acceptors (Lipinski definition) is 3. The lowest BCUT2D eigenvalue weighted by Crippen LogP contribution is -2.31. The van der Waals surface area contributed by atoms with Gasteiger partial charge in [-0.3, -0.25) is 4.90 Å². The van der Waals surface area contributed by atoms with Crippen LogP contribution in [0.2, 0.25) is 0 Å². The van der Waals surface area contributed by atoms with Crippen LogP contribution in [0.5, 0.6) is 5.75 Å². The standard InChI is InChI=1S/C18H28N2O/c1-3-8-19-11-14-5-7-18(21-2)16(9-14)13-20-12-15-4-6-17(20)10-15/h5,7,9,15,17,19H,3-4,6,8,10-13H2,1-2H3. The molecule has 1 aromatic carbocycles. The minimum Gasteiger partial charge on any atom is -0.496 e. The molecule has 2 aliphatic rings. The van der Waals surface area contributed by atoms with Gasteiger partial charge in [-0.2, -0.15) is 0 Å². The molecule has 0 aromatic heterocycles. The maximum absolute atomic E-state index is 5.57. The van der Waals surface area contributed by atoms with Crippen molar-refractivity contribution in [3.8, 4) is 5.75 Å². The lowest BCUT2D eigenvalue weighted by molar-refractivity contribution is 0.203. The van der Waals surface area contributed by atoms with Gasteiger partial charge in [-0.05, 0) is 55.8 Å². The number of benzene rings is 1. The summed E-state index contributed by atoms with van der Waals surface area (Å²) in [5, 5.41) is 3.48. The Hall–Kier alpha value is -1.06. The van der Waals surface area contributed by atoms with E-state index in [1.54, 1.807) is 7.11 Å². The number of nitrogens with one attached hydrogen (secondary N) is 1. The largest absolute Gasteiger partial charge is 0.496 e. The fraction of sp³-hybridized carbons (Fsp3) is 0.667. The molecule has 2 unspecified atom stereocenters. The normalized spacial score (nSPS) is 24.7. The number of nitrogens with zero attached hydrogens (tertiary/aromatic N) is 1. The van der Waals surface area contributed by atoms with Gasteiger partial charge in [-0.1, -0.05) is 13.0 Å². The highest BCUT2D eigenvalue weighted by molar-refractivity contribution is 5.37. The third-order valence-corrected chi connectivity index (χ3v) is 5.00. The van der Waals surface area contributed by atoms with Crippen LogP contribution in [0.3, 0.4) is 0 Å². The van der Waals surface area contributed by atoms with Gasteiger partial charge < -0.3 is 10.1 Å². The Morgan fingerprint density at radius 2 is 2.24 bits per heavy atom. The van der Waals surface area contributed by atoms with Crippen molar-refractivity contribution >= 4 is 0 Å². The van der Waals surface area contributed by atoms with Crippen molar-refractivity contribution in [2.24, 2.45) is 5.92 Å². The Morgan fingerprint density at radius 3 is 2.90 bits per heavy atom. The molecule has 1 heterocycles. The minimum absolute atomic E-state index is 0.821. The highest BCUT2D eigenvalue weighted by Gasteiger charge is 2.37. The van der Waals surface area contributed by atoms with E-state index in [-0.39, 0.29) is 0 Å². The molecule has 0 spiro atoms. The summed E-state index contributed by atoms with van der Waals surface area (Å²) in [6.07, 6.45) is 5.43. The van der Waals surface area contributed by atoms with Crippen LogP contribution in [-0.4, -0.2) is 31.1 Å². The van der Waals surface area contributed by atoms with Crippen LogP contribution < -0.4 is 10.1 Å². The van der Waals surface area contributed by atoms with Gasteiger partial charge in [0.15, 0.2) is 0 Å². The Balaban J connectivity index is 1.68. The summed E-state index contributed by atoms with van der Waals surface area (Å²) in [6.45, 7) is 6.57. The average molecular weight is 288 g/mol. The van der Waals surface area contributed by atoms with Crippen LogP contribution in [0, 0.1) is 5.92 Å². The van der Waals surface area contributed by atoms with Gasteiger partial charge in [0.2, 0.25) is 0 Å². The first-order valence-electron chi connectivity index (χ1n) is 8.40. The second-order valence-corrected chi connectivity index (χ2v) is 6.59. The van der Waals surface area contributed by atoms with Gasteiger partial charge in [0.05, 0.1) is 7.11 Å². The van der Waals surface area contributed by atoms with E-state index in [0.717, 1.165) is 37.3 Å². The lowest BCUT2D eigenvalue weighted by Gasteiger charge is -2.27. The van der Waals surface area contributed by atoms with E-state index in [9.17, 15) is 0 Å². The Bertz CT molecular complexity index is 474. The topological polar surface area (TPSA) is 24.5 Å². The lowest BCUT2D eigenvalue weighted by atomic mass is 10.1. The van der Waals surface area contributed by atoms with Gasteiger partial charge in [0, 0.05) is 31.2 Å². The molecule has 2 bridgehead atoms. The van der Waals surface area contributed by atoms with Crippen LogP contribution in [0.1, 0.15) is 43.7 Å². The molecule has 21 heavy (non-hydrogen) atoms. The molecule has 1 aromatic rings. The van der Waals surface area contributed by atoms with Crippen LogP contribution in [0.25, 0.3) is 0 Å². The first-order chi connectivity index (χ1) is 10.3. The molecule has 1 aliphatic heterocycles. The summed E-state index contributed by atoms with van der Waals surface area (Å²) in [5.41, 5.74) is 2.71. The van der Waals surface area contributed by atoms with Crippen molar-refractivity contribution in [2.75, 3.05) is 20.2 Å². The van der Waals surface area contributed by atoms with E-state index in [1.807, 2.05) is 0 Å². The van der Waals surface area contributed by atoms with E-state index in [1.165, 1.54) is 43.4 Å². The zero-order valence-corrected chi connectivity index (χ0v) is 13.4. The highest BCUT2D eigenvalue weighted by atomic mass is 16.5. The molecule has 0 amide bonds. The van der Waals surface area contributed by atoms with Crippen molar-refractivity contribution in [3.63, 3.8) is 0 Å². The molecule has 116 valence electrons. The molecular weight excluding hydrogens is 260 g/mol. The highest BCUT2D eigenvalue weighted by Crippen LogP contribution is 2.38. The summed E-state index contributed by atoms with van der Waals surface area (Å²) < 4.78 is 5.57. The maximum Gasteiger partial charge on any atom is 0.123 e. The number of ether oxygens (including phenoxy) is 1. The van der Waals surface area contributed by atoms with Crippen molar-refractivity contribution in [3.05, 3.63) is 29.3 Å².